The molecule has 0 aliphatic carbocycles. The number of carbonyl (C=O) groups is 2. The van der Waals surface area contributed by atoms with Gasteiger partial charge in [-0.3, -0.25) is 9.59 Å². The number of nitrogens with one attached hydrogen (secondary N) is 1. The van der Waals surface area contributed by atoms with Crippen molar-refractivity contribution >= 4 is 11.9 Å². The van der Waals surface area contributed by atoms with Crippen LogP contribution in [0.2, 0.25) is 0 Å². The number of ether oxygens (including phenoxy) is 1. The SMILES string of the molecule is CCCCC/C=C\C/C=C\CCCCCCCCCC(=O)OCCCCCCCCCCCC/C=C\CCCCCCCCCC(=O)NC(CO)C(O)/C=C/CCCCCCCCCCCCCCC. The minimum atomic E-state index is -0.850. The summed E-state index contributed by atoms with van der Waals surface area (Å²) in [5, 5.41) is 23.1. The van der Waals surface area contributed by atoms with Crippen molar-refractivity contribution in [3.63, 3.8) is 0 Å². The number of unbranched alkanes of at least 4 members (excludes halogenated alkanes) is 40. The van der Waals surface area contributed by atoms with Crippen LogP contribution in [0.15, 0.2) is 48.6 Å². The van der Waals surface area contributed by atoms with E-state index in [4.69, 9.17) is 4.74 Å². The Labute approximate surface area is 436 Å². The zero-order chi connectivity index (χ0) is 50.7. The van der Waals surface area contributed by atoms with Crippen LogP contribution in [0.4, 0.5) is 0 Å². The lowest BCUT2D eigenvalue weighted by atomic mass is 10.0. The molecule has 0 aromatic carbocycles. The molecule has 6 nitrogen and oxygen atoms in total. The molecule has 2 unspecified atom stereocenters. The molecule has 0 aliphatic heterocycles. The highest BCUT2D eigenvalue weighted by atomic mass is 16.5. The van der Waals surface area contributed by atoms with Crippen LogP contribution in [0.25, 0.3) is 0 Å². The maximum atomic E-state index is 12.5. The summed E-state index contributed by atoms with van der Waals surface area (Å²) in [7, 11) is 0. The monoisotopic (exact) mass is 982 g/mol. The van der Waals surface area contributed by atoms with Crippen LogP contribution in [0, 0.1) is 0 Å². The van der Waals surface area contributed by atoms with Crippen LogP contribution < -0.4 is 5.32 Å². The smallest absolute Gasteiger partial charge is 0.305 e. The van der Waals surface area contributed by atoms with Gasteiger partial charge in [-0.2, -0.15) is 0 Å². The van der Waals surface area contributed by atoms with Gasteiger partial charge in [0.1, 0.15) is 0 Å². The average molecular weight is 983 g/mol. The van der Waals surface area contributed by atoms with Gasteiger partial charge in [-0.25, -0.2) is 0 Å². The fraction of sp³-hybridized carbons (Fsp3) is 0.844. The standard InChI is InChI=1S/C64H119NO5/c1-3-5-7-9-11-13-15-17-19-25-30-34-38-42-46-50-54-58-64(69)70-59-55-51-47-43-39-35-31-27-24-22-20-21-23-26-29-33-37-41-45-49-53-57-63(68)65-61(60-66)62(67)56-52-48-44-40-36-32-28-18-16-14-12-10-8-6-4-2/h11,13,17,19,21,23,52,56,61-62,66-67H,3-10,12,14-16,18,20,22,24-51,53-55,57-60H2,1-2H3,(H,65,68)/b13-11-,19-17-,23-21-,56-52+. The number of amides is 1. The van der Waals surface area contributed by atoms with Gasteiger partial charge in [-0.1, -0.05) is 268 Å². The highest BCUT2D eigenvalue weighted by Gasteiger charge is 2.18. The Hall–Kier alpha value is -2.18. The minimum absolute atomic E-state index is 0.000471. The molecule has 3 N–H and O–H groups in total. The minimum Gasteiger partial charge on any atom is -0.466 e. The van der Waals surface area contributed by atoms with E-state index in [2.05, 4.69) is 55.6 Å². The Morgan fingerprint density at radius 1 is 0.400 bits per heavy atom. The van der Waals surface area contributed by atoms with Gasteiger partial charge < -0.3 is 20.3 Å². The first-order valence-corrected chi connectivity index (χ1v) is 30.9. The summed E-state index contributed by atoms with van der Waals surface area (Å²) in [5.74, 6) is -0.0759. The third-order valence-corrected chi connectivity index (χ3v) is 14.1. The van der Waals surface area contributed by atoms with Crippen molar-refractivity contribution in [3.05, 3.63) is 48.6 Å². The molecule has 0 saturated carbocycles. The highest BCUT2D eigenvalue weighted by Crippen LogP contribution is 2.16. The topological polar surface area (TPSA) is 95.9 Å². The van der Waals surface area contributed by atoms with Crippen LogP contribution in [-0.2, 0) is 14.3 Å². The third-order valence-electron chi connectivity index (χ3n) is 14.1. The molecule has 70 heavy (non-hydrogen) atoms. The molecule has 0 saturated heterocycles. The Morgan fingerprint density at radius 3 is 1.13 bits per heavy atom. The molecule has 1 amide bonds. The number of allylic oxidation sites excluding steroid dienone is 7. The fourth-order valence-electron chi connectivity index (χ4n) is 9.31. The summed E-state index contributed by atoms with van der Waals surface area (Å²) < 4.78 is 5.48. The summed E-state index contributed by atoms with van der Waals surface area (Å²) >= 11 is 0. The number of hydrogen-bond donors (Lipinski definition) is 3. The van der Waals surface area contributed by atoms with E-state index in [9.17, 15) is 19.8 Å². The molecule has 0 aromatic rings. The maximum absolute atomic E-state index is 12.5. The van der Waals surface area contributed by atoms with Gasteiger partial charge in [-0.15, -0.1) is 0 Å². The van der Waals surface area contributed by atoms with Gasteiger partial charge in [0, 0.05) is 12.8 Å². The van der Waals surface area contributed by atoms with Gasteiger partial charge in [0.2, 0.25) is 5.91 Å². The van der Waals surface area contributed by atoms with Crippen molar-refractivity contribution in [2.24, 2.45) is 0 Å². The molecule has 0 aromatic heterocycles. The lowest BCUT2D eigenvalue weighted by Gasteiger charge is -2.20. The van der Waals surface area contributed by atoms with Crippen molar-refractivity contribution in [2.45, 2.75) is 334 Å². The number of aliphatic hydroxyl groups is 2. The number of hydrogen-bond acceptors (Lipinski definition) is 5. The Morgan fingerprint density at radius 2 is 0.714 bits per heavy atom. The van der Waals surface area contributed by atoms with Crippen molar-refractivity contribution < 1.29 is 24.5 Å². The average Bonchev–Trinajstić information content (AvgIpc) is 3.36. The molecule has 410 valence electrons. The molecule has 0 radical (unpaired) electrons. The quantitative estimate of drug-likeness (QED) is 0.0321. The van der Waals surface area contributed by atoms with E-state index in [1.54, 1.807) is 6.08 Å². The van der Waals surface area contributed by atoms with E-state index in [-0.39, 0.29) is 18.5 Å². The molecule has 2 atom stereocenters. The highest BCUT2D eigenvalue weighted by molar-refractivity contribution is 5.76. The van der Waals surface area contributed by atoms with Crippen molar-refractivity contribution in [1.82, 2.24) is 5.32 Å². The summed E-state index contributed by atoms with van der Waals surface area (Å²) in [6, 6.07) is -0.634. The molecular weight excluding hydrogens is 863 g/mol. The van der Waals surface area contributed by atoms with Crippen LogP contribution >= 0.6 is 0 Å². The van der Waals surface area contributed by atoms with E-state index >= 15 is 0 Å². The van der Waals surface area contributed by atoms with Crippen LogP contribution in [0.1, 0.15) is 322 Å². The van der Waals surface area contributed by atoms with E-state index in [1.165, 1.54) is 238 Å². The van der Waals surface area contributed by atoms with Crippen LogP contribution in [0.3, 0.4) is 0 Å². The fourth-order valence-corrected chi connectivity index (χ4v) is 9.31. The molecule has 0 aliphatic rings. The molecule has 0 heterocycles. The lowest BCUT2D eigenvalue weighted by Crippen LogP contribution is -2.45. The van der Waals surface area contributed by atoms with E-state index < -0.39 is 12.1 Å². The summed E-state index contributed by atoms with van der Waals surface area (Å²) in [4.78, 5) is 24.5. The number of aliphatic hydroxyl groups excluding tert-OH is 2. The van der Waals surface area contributed by atoms with Crippen molar-refractivity contribution in [2.75, 3.05) is 13.2 Å². The van der Waals surface area contributed by atoms with Gasteiger partial charge in [0.05, 0.1) is 25.4 Å². The normalized spacial score (nSPS) is 12.9. The largest absolute Gasteiger partial charge is 0.466 e. The molecular formula is C64H119NO5. The maximum Gasteiger partial charge on any atom is 0.305 e. The number of rotatable bonds is 57. The summed E-state index contributed by atoms with van der Waals surface area (Å²) in [6.07, 6.45) is 75.7. The van der Waals surface area contributed by atoms with Crippen LogP contribution in [-0.4, -0.2) is 47.4 Å². The van der Waals surface area contributed by atoms with Gasteiger partial charge in [0.15, 0.2) is 0 Å². The molecule has 6 heteroatoms. The second kappa shape index (κ2) is 59.4. The second-order valence-electron chi connectivity index (χ2n) is 21.0. The summed E-state index contributed by atoms with van der Waals surface area (Å²) in [6.45, 7) is 4.87. The zero-order valence-corrected chi connectivity index (χ0v) is 46.7. The number of esters is 1. The lowest BCUT2D eigenvalue weighted by molar-refractivity contribution is -0.143. The van der Waals surface area contributed by atoms with Crippen molar-refractivity contribution in [3.8, 4) is 0 Å². The first kappa shape index (κ1) is 67.8. The molecule has 0 spiro atoms. The zero-order valence-electron chi connectivity index (χ0n) is 46.7. The first-order valence-electron chi connectivity index (χ1n) is 30.9. The Kier molecular flexibility index (Phi) is 57.5. The van der Waals surface area contributed by atoms with E-state index in [0.717, 1.165) is 57.8 Å². The Bertz CT molecular complexity index is 1180. The van der Waals surface area contributed by atoms with E-state index in [0.29, 0.717) is 19.4 Å². The first-order chi connectivity index (χ1) is 34.5. The van der Waals surface area contributed by atoms with Crippen molar-refractivity contribution in [1.29, 1.82) is 0 Å². The predicted molar refractivity (Wildman–Crippen MR) is 306 cm³/mol. The third kappa shape index (κ3) is 55.1. The van der Waals surface area contributed by atoms with Gasteiger partial charge in [0.25, 0.3) is 0 Å². The van der Waals surface area contributed by atoms with E-state index in [1.807, 2.05) is 6.08 Å². The Balaban J connectivity index is 3.45. The second-order valence-corrected chi connectivity index (χ2v) is 21.0. The molecule has 0 fully saturated rings. The predicted octanol–water partition coefficient (Wildman–Crippen LogP) is 19.4. The summed E-state index contributed by atoms with van der Waals surface area (Å²) in [5.41, 5.74) is 0. The number of carbonyl (C=O) groups excluding carboxylic acids is 2. The molecule has 0 bridgehead atoms. The van der Waals surface area contributed by atoms with Crippen LogP contribution in [0.5, 0.6) is 0 Å². The van der Waals surface area contributed by atoms with Gasteiger partial charge >= 0.3 is 5.97 Å². The van der Waals surface area contributed by atoms with Gasteiger partial charge in [-0.05, 0) is 89.9 Å². The molecule has 0 rings (SSSR count).